The van der Waals surface area contributed by atoms with Gasteiger partial charge in [0.25, 0.3) is 0 Å². The zero-order valence-corrected chi connectivity index (χ0v) is 13.9. The quantitative estimate of drug-likeness (QED) is 0.484. The van der Waals surface area contributed by atoms with Crippen LogP contribution in [0, 0.1) is 0 Å². The Bertz CT molecular complexity index is 362. The van der Waals surface area contributed by atoms with E-state index < -0.39 is 0 Å². The molecule has 1 heterocycles. The highest BCUT2D eigenvalue weighted by atomic mass is 127. The molecule has 0 unspecified atom stereocenters. The van der Waals surface area contributed by atoms with Gasteiger partial charge in [-0.2, -0.15) is 0 Å². The summed E-state index contributed by atoms with van der Waals surface area (Å²) in [6.45, 7) is 3.83. The summed E-state index contributed by atoms with van der Waals surface area (Å²) in [5.74, 6) is 1.79. The fraction of sp³-hybridized carbons (Fsp3) is 0.727. The molecule has 0 amide bonds. The number of aliphatic imine (C=N–C) groups is 1. The van der Waals surface area contributed by atoms with Crippen LogP contribution >= 0.6 is 24.0 Å². The van der Waals surface area contributed by atoms with Crippen LogP contribution in [0.4, 0.5) is 0 Å². The molecule has 1 N–H and O–H groups in total. The second-order valence-corrected chi connectivity index (χ2v) is 4.03. The van der Waals surface area contributed by atoms with E-state index in [1.54, 1.807) is 13.4 Å². The molecule has 0 aromatic carbocycles. The summed E-state index contributed by atoms with van der Waals surface area (Å²) < 4.78 is 1.90. The number of nitrogens with one attached hydrogen (secondary N) is 1. The second-order valence-electron chi connectivity index (χ2n) is 4.03. The predicted molar refractivity (Wildman–Crippen MR) is 84.2 cm³/mol. The van der Waals surface area contributed by atoms with Gasteiger partial charge in [0.05, 0.1) is 6.54 Å². The summed E-state index contributed by atoms with van der Waals surface area (Å²) in [7, 11) is 5.77. The van der Waals surface area contributed by atoms with Crippen LogP contribution in [0.5, 0.6) is 0 Å². The van der Waals surface area contributed by atoms with Crippen molar-refractivity contribution in [1.82, 2.24) is 25.0 Å². The Hall–Kier alpha value is -0.860. The molecule has 6 nitrogen and oxygen atoms in total. The molecule has 0 bridgehead atoms. The second kappa shape index (κ2) is 9.12. The lowest BCUT2D eigenvalue weighted by Crippen LogP contribution is -2.39. The van der Waals surface area contributed by atoms with Crippen LogP contribution in [0.25, 0.3) is 0 Å². The molecule has 7 heteroatoms. The van der Waals surface area contributed by atoms with Gasteiger partial charge in [-0.05, 0) is 6.42 Å². The molecule has 0 fully saturated rings. The number of nitrogens with zero attached hydrogens (tertiary/aromatic N) is 5. The number of hydrogen-bond acceptors (Lipinski definition) is 3. The molecule has 0 aliphatic heterocycles. The van der Waals surface area contributed by atoms with Crippen LogP contribution < -0.4 is 5.32 Å². The summed E-state index contributed by atoms with van der Waals surface area (Å²) in [5, 5.41) is 11.1. The van der Waals surface area contributed by atoms with Gasteiger partial charge in [-0.25, -0.2) is 0 Å². The van der Waals surface area contributed by atoms with Crippen LogP contribution in [0.3, 0.4) is 0 Å². The van der Waals surface area contributed by atoms with Crippen molar-refractivity contribution in [3.63, 3.8) is 0 Å². The third kappa shape index (κ3) is 5.19. The van der Waals surface area contributed by atoms with E-state index in [9.17, 15) is 0 Å². The highest BCUT2D eigenvalue weighted by Crippen LogP contribution is 1.95. The van der Waals surface area contributed by atoms with E-state index in [4.69, 9.17) is 0 Å². The summed E-state index contributed by atoms with van der Waals surface area (Å²) in [6.07, 6.45) is 4.05. The number of halogens is 1. The van der Waals surface area contributed by atoms with Gasteiger partial charge in [0.2, 0.25) is 0 Å². The monoisotopic (exact) mass is 366 g/mol. The van der Waals surface area contributed by atoms with E-state index in [2.05, 4.69) is 32.3 Å². The summed E-state index contributed by atoms with van der Waals surface area (Å²) >= 11 is 0. The van der Waals surface area contributed by atoms with E-state index in [-0.39, 0.29) is 24.0 Å². The van der Waals surface area contributed by atoms with Crippen LogP contribution in [0.2, 0.25) is 0 Å². The standard InChI is InChI=1S/C11H22N6.HI/c1-5-6-7-16(3)11(12-2)13-8-10-15-14-9-17(10)4;/h9H,5-8H2,1-4H3,(H,12,13);1H. The molecule has 0 spiro atoms. The van der Waals surface area contributed by atoms with Crippen LogP contribution in [-0.2, 0) is 13.6 Å². The predicted octanol–water partition coefficient (Wildman–Crippen LogP) is 1.24. The zero-order valence-electron chi connectivity index (χ0n) is 11.6. The first-order valence-corrected chi connectivity index (χ1v) is 5.93. The van der Waals surface area contributed by atoms with Gasteiger partial charge in [-0.15, -0.1) is 34.2 Å². The van der Waals surface area contributed by atoms with Crippen molar-refractivity contribution in [3.05, 3.63) is 12.2 Å². The lowest BCUT2D eigenvalue weighted by atomic mass is 10.3. The van der Waals surface area contributed by atoms with E-state index in [1.165, 1.54) is 12.8 Å². The minimum Gasteiger partial charge on any atom is -0.349 e. The van der Waals surface area contributed by atoms with Crippen molar-refractivity contribution in [1.29, 1.82) is 0 Å². The minimum atomic E-state index is 0. The molecule has 1 aromatic heterocycles. The fourth-order valence-electron chi connectivity index (χ4n) is 1.51. The topological polar surface area (TPSA) is 58.3 Å². The van der Waals surface area contributed by atoms with Crippen molar-refractivity contribution in [2.24, 2.45) is 12.0 Å². The molecule has 0 aliphatic carbocycles. The summed E-state index contributed by atoms with van der Waals surface area (Å²) in [6, 6.07) is 0. The Morgan fingerprint density at radius 1 is 1.56 bits per heavy atom. The normalized spacial score (nSPS) is 11.0. The number of guanidine groups is 1. The third-order valence-electron chi connectivity index (χ3n) is 2.63. The van der Waals surface area contributed by atoms with Crippen molar-refractivity contribution < 1.29 is 0 Å². The first-order chi connectivity index (χ1) is 8.19. The largest absolute Gasteiger partial charge is 0.349 e. The van der Waals surface area contributed by atoms with Crippen molar-refractivity contribution in [2.75, 3.05) is 20.6 Å². The Balaban J connectivity index is 0.00000289. The fourth-order valence-corrected chi connectivity index (χ4v) is 1.51. The van der Waals surface area contributed by atoms with Gasteiger partial charge in [-0.1, -0.05) is 13.3 Å². The number of aryl methyl sites for hydroxylation is 1. The molecule has 18 heavy (non-hydrogen) atoms. The molecule has 0 atom stereocenters. The SMILES string of the molecule is CCCCN(C)C(=NC)NCc1nncn1C.I. The smallest absolute Gasteiger partial charge is 0.193 e. The molecule has 0 radical (unpaired) electrons. The van der Waals surface area contributed by atoms with Gasteiger partial charge in [0.1, 0.15) is 6.33 Å². The van der Waals surface area contributed by atoms with Crippen molar-refractivity contribution >= 4 is 29.9 Å². The van der Waals surface area contributed by atoms with Crippen LogP contribution in [0.1, 0.15) is 25.6 Å². The van der Waals surface area contributed by atoms with E-state index in [1.807, 2.05) is 18.7 Å². The van der Waals surface area contributed by atoms with Gasteiger partial charge in [-0.3, -0.25) is 4.99 Å². The number of rotatable bonds is 5. The zero-order chi connectivity index (χ0) is 12.7. The molecule has 0 saturated heterocycles. The maximum absolute atomic E-state index is 4.24. The van der Waals surface area contributed by atoms with E-state index in [0.717, 1.165) is 18.3 Å². The van der Waals surface area contributed by atoms with Gasteiger partial charge >= 0.3 is 0 Å². The van der Waals surface area contributed by atoms with Crippen LogP contribution in [-0.4, -0.2) is 46.3 Å². The molecular weight excluding hydrogens is 343 g/mol. The molecule has 1 rings (SSSR count). The number of unbranched alkanes of at least 4 members (excludes halogenated alkanes) is 1. The lowest BCUT2D eigenvalue weighted by Gasteiger charge is -2.21. The summed E-state index contributed by atoms with van der Waals surface area (Å²) in [5.41, 5.74) is 0. The Kier molecular flexibility index (Phi) is 8.69. The summed E-state index contributed by atoms with van der Waals surface area (Å²) in [4.78, 5) is 6.37. The van der Waals surface area contributed by atoms with Crippen molar-refractivity contribution in [2.45, 2.75) is 26.3 Å². The first-order valence-electron chi connectivity index (χ1n) is 5.93. The average molecular weight is 366 g/mol. The average Bonchev–Trinajstić information content (AvgIpc) is 2.73. The van der Waals surface area contributed by atoms with Crippen molar-refractivity contribution in [3.8, 4) is 0 Å². The van der Waals surface area contributed by atoms with Gasteiger partial charge < -0.3 is 14.8 Å². The number of hydrogen-bond donors (Lipinski definition) is 1. The molecule has 1 aromatic rings. The van der Waals surface area contributed by atoms with E-state index in [0.29, 0.717) is 6.54 Å². The maximum atomic E-state index is 4.24. The van der Waals surface area contributed by atoms with Gasteiger partial charge in [0.15, 0.2) is 11.8 Å². The Morgan fingerprint density at radius 2 is 2.28 bits per heavy atom. The molecule has 0 saturated carbocycles. The minimum absolute atomic E-state index is 0. The van der Waals surface area contributed by atoms with E-state index >= 15 is 0 Å². The highest BCUT2D eigenvalue weighted by molar-refractivity contribution is 14.0. The molecule has 0 aliphatic rings. The Labute approximate surface area is 126 Å². The van der Waals surface area contributed by atoms with Gasteiger partial charge in [0, 0.05) is 27.7 Å². The number of aromatic nitrogens is 3. The maximum Gasteiger partial charge on any atom is 0.193 e. The molecular formula is C11H23IN6. The molecule has 104 valence electrons. The lowest BCUT2D eigenvalue weighted by molar-refractivity contribution is 0.463. The Morgan fingerprint density at radius 3 is 2.78 bits per heavy atom. The first kappa shape index (κ1) is 17.1. The third-order valence-corrected chi connectivity index (χ3v) is 2.63. The van der Waals surface area contributed by atoms with Crippen LogP contribution in [0.15, 0.2) is 11.3 Å². The highest BCUT2D eigenvalue weighted by Gasteiger charge is 2.06.